The Kier molecular flexibility index (Phi) is 7.00. The summed E-state index contributed by atoms with van der Waals surface area (Å²) in [4.78, 5) is 15.0. The van der Waals surface area contributed by atoms with Crippen LogP contribution in [-0.4, -0.2) is 57.3 Å². The minimum absolute atomic E-state index is 0.0309. The van der Waals surface area contributed by atoms with Crippen molar-refractivity contribution >= 4 is 15.9 Å². The van der Waals surface area contributed by atoms with E-state index in [4.69, 9.17) is 4.42 Å². The average Bonchev–Trinajstić information content (AvgIpc) is 3.24. The third-order valence-electron chi connectivity index (χ3n) is 5.91. The van der Waals surface area contributed by atoms with Gasteiger partial charge in [0.05, 0.1) is 17.2 Å². The number of rotatable bonds is 7. The Hall–Kier alpha value is -2.16. The van der Waals surface area contributed by atoms with Crippen molar-refractivity contribution in [3.8, 4) is 0 Å². The number of piperidine rings is 1. The first-order chi connectivity index (χ1) is 14.2. The van der Waals surface area contributed by atoms with Gasteiger partial charge in [0, 0.05) is 25.6 Å². The molecule has 2 aromatic rings. The molecule has 1 fully saturated rings. The molecule has 1 atom stereocenters. The fourth-order valence-corrected chi connectivity index (χ4v) is 5.30. The third kappa shape index (κ3) is 4.94. The molecule has 2 heterocycles. The van der Waals surface area contributed by atoms with E-state index in [-0.39, 0.29) is 17.9 Å². The van der Waals surface area contributed by atoms with Crippen molar-refractivity contribution in [2.45, 2.75) is 37.6 Å². The van der Waals surface area contributed by atoms with Crippen molar-refractivity contribution in [2.24, 2.45) is 5.92 Å². The van der Waals surface area contributed by atoms with Crippen LogP contribution in [0.5, 0.6) is 0 Å². The van der Waals surface area contributed by atoms with E-state index >= 15 is 0 Å². The molecule has 1 aliphatic heterocycles. The Morgan fingerprint density at radius 1 is 1.20 bits per heavy atom. The summed E-state index contributed by atoms with van der Waals surface area (Å²) in [7, 11) is 0.345. The molecule has 1 aromatic heterocycles. The summed E-state index contributed by atoms with van der Waals surface area (Å²) in [6, 6.07) is 8.90. The topological polar surface area (TPSA) is 82.9 Å². The molecule has 0 bridgehead atoms. The summed E-state index contributed by atoms with van der Waals surface area (Å²) >= 11 is 0. The second-order valence-corrected chi connectivity index (χ2v) is 10.1. The largest absolute Gasteiger partial charge is 0.468 e. The van der Waals surface area contributed by atoms with Crippen molar-refractivity contribution in [2.75, 3.05) is 33.7 Å². The second kappa shape index (κ2) is 9.32. The fraction of sp³-hybridized carbons (Fsp3) is 0.500. The van der Waals surface area contributed by atoms with Crippen LogP contribution in [0.2, 0.25) is 0 Å². The first-order valence-electron chi connectivity index (χ1n) is 10.2. The van der Waals surface area contributed by atoms with Crippen LogP contribution >= 0.6 is 0 Å². The predicted molar refractivity (Wildman–Crippen MR) is 116 cm³/mol. The number of nitrogens with zero attached hydrogens (tertiary/aromatic N) is 2. The molecule has 8 heteroatoms. The van der Waals surface area contributed by atoms with Crippen LogP contribution in [0, 0.1) is 19.8 Å². The Morgan fingerprint density at radius 3 is 2.47 bits per heavy atom. The molecule has 7 nitrogen and oxygen atoms in total. The van der Waals surface area contributed by atoms with Gasteiger partial charge in [-0.1, -0.05) is 6.07 Å². The number of hydrogen-bond donors (Lipinski definition) is 1. The number of carbonyl (C=O) groups is 1. The number of nitrogens with one attached hydrogen (secondary N) is 1. The lowest BCUT2D eigenvalue weighted by Gasteiger charge is -2.31. The van der Waals surface area contributed by atoms with Gasteiger partial charge >= 0.3 is 0 Å². The zero-order valence-electron chi connectivity index (χ0n) is 18.1. The standard InChI is InChI=1S/C22H31N3O4S/c1-16-7-8-19(14-17(16)2)30(27,28)25-11-9-18(10-12-25)22(26)23-15-20(24(3)4)21-6-5-13-29-21/h5-8,13-14,18,20H,9-12,15H2,1-4H3,(H,23,26). The number of carbonyl (C=O) groups excluding carboxylic acids is 1. The lowest BCUT2D eigenvalue weighted by molar-refractivity contribution is -0.126. The normalized spacial score (nSPS) is 17.2. The minimum atomic E-state index is -3.53. The van der Waals surface area contributed by atoms with Gasteiger partial charge in [0.15, 0.2) is 0 Å². The summed E-state index contributed by atoms with van der Waals surface area (Å²) in [5.41, 5.74) is 2.02. The van der Waals surface area contributed by atoms with Crippen LogP contribution in [0.1, 0.15) is 35.8 Å². The van der Waals surface area contributed by atoms with Crippen LogP contribution in [-0.2, 0) is 14.8 Å². The van der Waals surface area contributed by atoms with Crippen molar-refractivity contribution in [3.63, 3.8) is 0 Å². The van der Waals surface area contributed by atoms with E-state index in [1.807, 2.05) is 51.0 Å². The van der Waals surface area contributed by atoms with E-state index in [9.17, 15) is 13.2 Å². The molecule has 1 aromatic carbocycles. The van der Waals surface area contributed by atoms with Gasteiger partial charge in [-0.25, -0.2) is 8.42 Å². The first kappa shape index (κ1) is 22.5. The molecule has 1 amide bonds. The Morgan fingerprint density at radius 2 is 1.90 bits per heavy atom. The highest BCUT2D eigenvalue weighted by molar-refractivity contribution is 7.89. The van der Waals surface area contributed by atoms with Crippen LogP contribution in [0.3, 0.4) is 0 Å². The van der Waals surface area contributed by atoms with Crippen LogP contribution in [0.25, 0.3) is 0 Å². The highest BCUT2D eigenvalue weighted by atomic mass is 32.2. The number of furan rings is 1. The molecule has 1 saturated heterocycles. The molecule has 0 radical (unpaired) electrons. The van der Waals surface area contributed by atoms with Gasteiger partial charge in [0.25, 0.3) is 0 Å². The zero-order valence-corrected chi connectivity index (χ0v) is 18.9. The second-order valence-electron chi connectivity index (χ2n) is 8.16. The lowest BCUT2D eigenvalue weighted by atomic mass is 9.97. The van der Waals surface area contributed by atoms with E-state index in [2.05, 4.69) is 5.32 Å². The van der Waals surface area contributed by atoms with Gasteiger partial charge < -0.3 is 9.73 Å². The highest BCUT2D eigenvalue weighted by Crippen LogP contribution is 2.25. The van der Waals surface area contributed by atoms with Crippen molar-refractivity contribution in [1.82, 2.24) is 14.5 Å². The van der Waals surface area contributed by atoms with E-state index in [1.165, 1.54) is 4.31 Å². The first-order valence-corrected chi connectivity index (χ1v) is 11.7. The molecule has 30 heavy (non-hydrogen) atoms. The van der Waals surface area contributed by atoms with Crippen molar-refractivity contribution < 1.29 is 17.6 Å². The summed E-state index contributed by atoms with van der Waals surface area (Å²) in [6.45, 7) is 5.02. The third-order valence-corrected chi connectivity index (χ3v) is 7.80. The van der Waals surface area contributed by atoms with E-state index < -0.39 is 10.0 Å². The SMILES string of the molecule is Cc1ccc(S(=O)(=O)N2CCC(C(=O)NCC(c3ccco3)N(C)C)CC2)cc1C. The molecule has 0 spiro atoms. The summed E-state index contributed by atoms with van der Waals surface area (Å²) in [6.07, 6.45) is 2.66. The smallest absolute Gasteiger partial charge is 0.243 e. The molecule has 1 unspecified atom stereocenters. The highest BCUT2D eigenvalue weighted by Gasteiger charge is 2.32. The quantitative estimate of drug-likeness (QED) is 0.726. The minimum Gasteiger partial charge on any atom is -0.468 e. The van der Waals surface area contributed by atoms with Crippen LogP contribution in [0.4, 0.5) is 0 Å². The molecule has 1 aliphatic rings. The number of benzene rings is 1. The fourth-order valence-electron chi connectivity index (χ4n) is 3.74. The maximum absolute atomic E-state index is 13.0. The monoisotopic (exact) mass is 433 g/mol. The van der Waals surface area contributed by atoms with Crippen molar-refractivity contribution in [3.05, 3.63) is 53.5 Å². The van der Waals surface area contributed by atoms with Gasteiger partial charge in [-0.3, -0.25) is 9.69 Å². The van der Waals surface area contributed by atoms with Gasteiger partial charge in [-0.05, 0) is 76.2 Å². The molecule has 0 aliphatic carbocycles. The summed E-state index contributed by atoms with van der Waals surface area (Å²) in [5, 5.41) is 3.01. The maximum Gasteiger partial charge on any atom is 0.243 e. The van der Waals surface area contributed by atoms with Gasteiger partial charge in [-0.15, -0.1) is 0 Å². The molecule has 1 N–H and O–H groups in total. The lowest BCUT2D eigenvalue weighted by Crippen LogP contribution is -2.44. The number of amides is 1. The maximum atomic E-state index is 13.0. The Bertz CT molecular complexity index is 962. The number of sulfonamides is 1. The molecular weight excluding hydrogens is 402 g/mol. The molecule has 164 valence electrons. The average molecular weight is 434 g/mol. The van der Waals surface area contributed by atoms with E-state index in [0.717, 1.165) is 16.9 Å². The Balaban J connectivity index is 1.57. The van der Waals surface area contributed by atoms with Gasteiger partial charge in [0.2, 0.25) is 15.9 Å². The van der Waals surface area contributed by atoms with Gasteiger partial charge in [0.1, 0.15) is 5.76 Å². The summed E-state index contributed by atoms with van der Waals surface area (Å²) < 4.78 is 32.9. The molecule has 0 saturated carbocycles. The molecule has 3 rings (SSSR count). The van der Waals surface area contributed by atoms with E-state index in [0.29, 0.717) is 37.4 Å². The number of hydrogen-bond acceptors (Lipinski definition) is 5. The number of aryl methyl sites for hydroxylation is 2. The Labute approximate surface area is 179 Å². The van der Waals surface area contributed by atoms with Crippen LogP contribution in [0.15, 0.2) is 45.9 Å². The molecular formula is C22H31N3O4S. The van der Waals surface area contributed by atoms with E-state index in [1.54, 1.807) is 18.4 Å². The van der Waals surface area contributed by atoms with Gasteiger partial charge in [-0.2, -0.15) is 4.31 Å². The zero-order chi connectivity index (χ0) is 21.9. The number of likely N-dealkylation sites (N-methyl/N-ethyl adjacent to an activating group) is 1. The summed E-state index contributed by atoms with van der Waals surface area (Å²) in [5.74, 6) is 0.585. The van der Waals surface area contributed by atoms with Crippen LogP contribution < -0.4 is 5.32 Å². The predicted octanol–water partition coefficient (Wildman–Crippen LogP) is 2.72. The van der Waals surface area contributed by atoms with Crippen molar-refractivity contribution in [1.29, 1.82) is 0 Å².